The van der Waals surface area contributed by atoms with Crippen molar-refractivity contribution in [3.63, 3.8) is 0 Å². The number of ketones is 1. The van der Waals surface area contributed by atoms with Crippen LogP contribution in [-0.4, -0.2) is 30.5 Å². The van der Waals surface area contributed by atoms with Crippen LogP contribution in [0.1, 0.15) is 90.9 Å². The standard InChI is InChI=1S/C27H40N2O2/c1-25-8-3-4-20(25)19-15-28-23-12-22(30)18(14-26(23,2)21(19)7-9-25)24(31)29-16-27-10-5-17(13-27)6-11-27/h17-21H,3-16H2,1-2H3,(H,29,31)/t17?,18?,19-,20-,21+,25-,26+,27?/m0/s1. The zero-order chi connectivity index (χ0) is 21.4. The summed E-state index contributed by atoms with van der Waals surface area (Å²) in [7, 11) is 0. The third kappa shape index (κ3) is 3.02. The minimum absolute atomic E-state index is 0.0126. The molecule has 5 saturated carbocycles. The molecule has 0 radical (unpaired) electrons. The van der Waals surface area contributed by atoms with E-state index >= 15 is 0 Å². The van der Waals surface area contributed by atoms with Crippen molar-refractivity contribution < 1.29 is 9.59 Å². The van der Waals surface area contributed by atoms with E-state index in [0.717, 1.165) is 30.6 Å². The van der Waals surface area contributed by atoms with Gasteiger partial charge in [0.2, 0.25) is 5.91 Å². The summed E-state index contributed by atoms with van der Waals surface area (Å²) in [5.41, 5.74) is 1.90. The number of carbonyl (C=O) groups excluding carboxylic acids is 2. The fraction of sp³-hybridized carbons (Fsp3) is 0.889. The number of nitrogens with one attached hydrogen (secondary N) is 1. The minimum Gasteiger partial charge on any atom is -0.355 e. The second-order valence-corrected chi connectivity index (χ2v) is 12.9. The van der Waals surface area contributed by atoms with Crippen LogP contribution in [0.15, 0.2) is 4.99 Å². The molecule has 1 heterocycles. The summed E-state index contributed by atoms with van der Waals surface area (Å²) in [5.74, 6) is 2.59. The maximum absolute atomic E-state index is 13.3. The van der Waals surface area contributed by atoms with Gasteiger partial charge >= 0.3 is 0 Å². The van der Waals surface area contributed by atoms with Crippen LogP contribution in [0.3, 0.4) is 0 Å². The zero-order valence-corrected chi connectivity index (χ0v) is 19.5. The van der Waals surface area contributed by atoms with Crippen molar-refractivity contribution in [1.29, 1.82) is 0 Å². The Bertz CT molecular complexity index is 825. The molecule has 1 N–H and O–H groups in total. The maximum atomic E-state index is 13.3. The van der Waals surface area contributed by atoms with Gasteiger partial charge in [0.05, 0.1) is 5.92 Å². The van der Waals surface area contributed by atoms with Crippen molar-refractivity contribution in [2.45, 2.75) is 90.9 Å². The van der Waals surface area contributed by atoms with Crippen LogP contribution in [0.4, 0.5) is 0 Å². The Kier molecular flexibility index (Phi) is 4.55. The molecule has 1 unspecified atom stereocenters. The number of Topliss-reactive ketones (excluding diaryl/α,β-unsaturated/α-hetero) is 1. The molecule has 0 aromatic carbocycles. The summed E-state index contributed by atoms with van der Waals surface area (Å²) in [6.07, 6.45) is 14.2. The van der Waals surface area contributed by atoms with Gasteiger partial charge in [0.25, 0.3) is 0 Å². The van der Waals surface area contributed by atoms with Crippen LogP contribution in [0.2, 0.25) is 0 Å². The average molecular weight is 425 g/mol. The molecule has 5 fully saturated rings. The Morgan fingerprint density at radius 1 is 1.03 bits per heavy atom. The van der Waals surface area contributed by atoms with Crippen LogP contribution >= 0.6 is 0 Å². The number of amides is 1. The first-order valence-corrected chi connectivity index (χ1v) is 13.2. The van der Waals surface area contributed by atoms with E-state index in [1.54, 1.807) is 0 Å². The van der Waals surface area contributed by atoms with Gasteiger partial charge in [-0.1, -0.05) is 20.3 Å². The molecule has 1 amide bonds. The van der Waals surface area contributed by atoms with E-state index in [4.69, 9.17) is 4.99 Å². The van der Waals surface area contributed by atoms with E-state index in [9.17, 15) is 9.59 Å². The first-order valence-electron chi connectivity index (χ1n) is 13.2. The summed E-state index contributed by atoms with van der Waals surface area (Å²) >= 11 is 0. The van der Waals surface area contributed by atoms with Crippen molar-refractivity contribution in [1.82, 2.24) is 5.32 Å². The predicted molar refractivity (Wildman–Crippen MR) is 122 cm³/mol. The Morgan fingerprint density at radius 3 is 2.58 bits per heavy atom. The normalized spacial score (nSPS) is 50.5. The van der Waals surface area contributed by atoms with Crippen molar-refractivity contribution in [2.24, 2.45) is 50.8 Å². The van der Waals surface area contributed by atoms with Gasteiger partial charge in [0.15, 0.2) is 5.78 Å². The topological polar surface area (TPSA) is 58.5 Å². The molecule has 170 valence electrons. The third-order valence-electron chi connectivity index (χ3n) is 11.4. The molecule has 0 aromatic rings. The molecule has 4 heteroatoms. The summed E-state index contributed by atoms with van der Waals surface area (Å²) in [6, 6.07) is 0. The first kappa shape index (κ1) is 20.4. The summed E-state index contributed by atoms with van der Waals surface area (Å²) < 4.78 is 0. The van der Waals surface area contributed by atoms with E-state index < -0.39 is 5.92 Å². The quantitative estimate of drug-likeness (QED) is 0.651. The van der Waals surface area contributed by atoms with Crippen LogP contribution < -0.4 is 5.32 Å². The molecular weight excluding hydrogens is 384 g/mol. The Morgan fingerprint density at radius 2 is 1.84 bits per heavy atom. The number of fused-ring (bicyclic) bond motifs is 7. The number of carbonyl (C=O) groups is 2. The van der Waals surface area contributed by atoms with E-state index in [1.807, 2.05) is 0 Å². The minimum atomic E-state index is -0.463. The fourth-order valence-electron chi connectivity index (χ4n) is 9.49. The molecule has 0 aromatic heterocycles. The highest BCUT2D eigenvalue weighted by Gasteiger charge is 2.58. The van der Waals surface area contributed by atoms with Gasteiger partial charge in [-0.15, -0.1) is 0 Å². The van der Waals surface area contributed by atoms with Crippen LogP contribution in [-0.2, 0) is 9.59 Å². The van der Waals surface area contributed by atoms with Crippen LogP contribution in [0, 0.1) is 45.8 Å². The largest absolute Gasteiger partial charge is 0.355 e. The number of hydrogen-bond acceptors (Lipinski definition) is 3. The molecule has 6 atom stereocenters. The van der Waals surface area contributed by atoms with Crippen LogP contribution in [0.5, 0.6) is 0 Å². The second kappa shape index (κ2) is 6.90. The predicted octanol–water partition coefficient (Wildman–Crippen LogP) is 4.96. The Hall–Kier alpha value is -1.19. The van der Waals surface area contributed by atoms with Gasteiger partial charge in [-0.3, -0.25) is 14.6 Å². The molecule has 6 rings (SSSR count). The third-order valence-corrected chi connectivity index (χ3v) is 11.4. The van der Waals surface area contributed by atoms with Crippen molar-refractivity contribution in [3.05, 3.63) is 0 Å². The summed E-state index contributed by atoms with van der Waals surface area (Å²) in [5, 5.41) is 3.27. The van der Waals surface area contributed by atoms with Crippen LogP contribution in [0.25, 0.3) is 0 Å². The molecule has 31 heavy (non-hydrogen) atoms. The van der Waals surface area contributed by atoms with Crippen molar-refractivity contribution in [2.75, 3.05) is 13.1 Å². The van der Waals surface area contributed by atoms with Crippen molar-refractivity contribution in [3.8, 4) is 0 Å². The highest BCUT2D eigenvalue weighted by Crippen LogP contribution is 2.62. The van der Waals surface area contributed by atoms with Crippen molar-refractivity contribution >= 4 is 17.4 Å². The molecule has 1 aliphatic heterocycles. The molecule has 2 bridgehead atoms. The number of hydrogen-bond donors (Lipinski definition) is 1. The van der Waals surface area contributed by atoms with Gasteiger partial charge in [0, 0.05) is 30.6 Å². The highest BCUT2D eigenvalue weighted by atomic mass is 16.2. The van der Waals surface area contributed by atoms with E-state index in [0.29, 0.717) is 35.5 Å². The lowest BCUT2D eigenvalue weighted by molar-refractivity contribution is -0.137. The smallest absolute Gasteiger partial charge is 0.230 e. The molecule has 0 spiro atoms. The number of nitrogens with zero attached hydrogens (tertiary/aromatic N) is 1. The van der Waals surface area contributed by atoms with E-state index in [2.05, 4.69) is 19.2 Å². The molecule has 0 saturated heterocycles. The lowest BCUT2D eigenvalue weighted by Gasteiger charge is -2.56. The number of rotatable bonds is 3. The van der Waals surface area contributed by atoms with Gasteiger partial charge in [-0.05, 0) is 98.7 Å². The summed E-state index contributed by atoms with van der Waals surface area (Å²) in [4.78, 5) is 31.4. The van der Waals surface area contributed by atoms with Gasteiger partial charge < -0.3 is 5.32 Å². The highest BCUT2D eigenvalue weighted by molar-refractivity contribution is 6.14. The SMILES string of the molecule is C[C@@]12CCC[C@H]1[C@@H]1CN=C3CC(=O)C(C(=O)NCC45CCC(CC4)C5)C[C@]3(C)[C@@H]1CC2. The Labute approximate surface area is 187 Å². The molecular formula is C27H40N2O2. The van der Waals surface area contributed by atoms with E-state index in [-0.39, 0.29) is 17.1 Å². The summed E-state index contributed by atoms with van der Waals surface area (Å²) in [6.45, 7) is 6.57. The molecule has 5 aliphatic carbocycles. The lowest BCUT2D eigenvalue weighted by Crippen LogP contribution is -2.57. The monoisotopic (exact) mass is 424 g/mol. The Balaban J connectivity index is 1.20. The zero-order valence-electron chi connectivity index (χ0n) is 19.5. The van der Waals surface area contributed by atoms with Gasteiger partial charge in [0.1, 0.15) is 0 Å². The lowest BCUT2D eigenvalue weighted by atomic mass is 9.49. The fourth-order valence-corrected chi connectivity index (χ4v) is 9.49. The van der Waals surface area contributed by atoms with E-state index in [1.165, 1.54) is 64.2 Å². The van der Waals surface area contributed by atoms with Gasteiger partial charge in [-0.2, -0.15) is 0 Å². The molecule has 4 nitrogen and oxygen atoms in total. The number of aliphatic imine (C=N–C) groups is 1. The van der Waals surface area contributed by atoms with Gasteiger partial charge in [-0.25, -0.2) is 0 Å². The first-order chi connectivity index (χ1) is 14.8. The average Bonchev–Trinajstić information content (AvgIpc) is 3.46. The second-order valence-electron chi connectivity index (χ2n) is 12.9. The maximum Gasteiger partial charge on any atom is 0.230 e. The molecule has 6 aliphatic rings.